The topological polar surface area (TPSA) is 56.3 Å². The van der Waals surface area contributed by atoms with E-state index in [0.717, 1.165) is 41.4 Å². The SMILES string of the molecule is Cc1cccc2c(=O)[nH]c(CCN3[C@H](CO)C[C@@H](C)[C@H]3C)cc12. The van der Waals surface area contributed by atoms with E-state index in [9.17, 15) is 9.90 Å². The lowest BCUT2D eigenvalue weighted by Crippen LogP contribution is -2.39. The molecule has 4 nitrogen and oxygen atoms in total. The first-order chi connectivity index (χ1) is 11.0. The lowest BCUT2D eigenvalue weighted by atomic mass is 10.0. The maximum absolute atomic E-state index is 12.3. The highest BCUT2D eigenvalue weighted by molar-refractivity contribution is 5.84. The summed E-state index contributed by atoms with van der Waals surface area (Å²) in [7, 11) is 0. The van der Waals surface area contributed by atoms with Crippen LogP contribution in [0.25, 0.3) is 10.8 Å². The van der Waals surface area contributed by atoms with Crippen molar-refractivity contribution in [1.82, 2.24) is 9.88 Å². The number of fused-ring (bicyclic) bond motifs is 1. The first-order valence-corrected chi connectivity index (χ1v) is 8.49. The predicted octanol–water partition coefficient (Wildman–Crippen LogP) is 2.47. The van der Waals surface area contributed by atoms with Crippen molar-refractivity contribution in [2.75, 3.05) is 13.2 Å². The molecule has 0 spiro atoms. The van der Waals surface area contributed by atoms with Crippen LogP contribution in [0.2, 0.25) is 0 Å². The van der Waals surface area contributed by atoms with Crippen molar-refractivity contribution in [1.29, 1.82) is 0 Å². The lowest BCUT2D eigenvalue weighted by Gasteiger charge is -2.27. The molecule has 2 N–H and O–H groups in total. The highest BCUT2D eigenvalue weighted by atomic mass is 16.3. The second kappa shape index (κ2) is 6.46. The summed E-state index contributed by atoms with van der Waals surface area (Å²) in [6, 6.07) is 8.65. The zero-order chi connectivity index (χ0) is 16.6. The number of likely N-dealkylation sites (tertiary alicyclic amines) is 1. The Morgan fingerprint density at radius 1 is 1.30 bits per heavy atom. The standard InChI is InChI=1S/C19H26N2O2/c1-12-5-4-6-17-18(12)10-15(20-19(17)23)7-8-21-14(3)13(2)9-16(21)11-22/h4-6,10,13-14,16,22H,7-9,11H2,1-3H3,(H,20,23)/t13-,14-,16+/m1/s1. The van der Waals surface area contributed by atoms with Crippen LogP contribution in [-0.4, -0.2) is 40.2 Å². The Morgan fingerprint density at radius 2 is 2.09 bits per heavy atom. The number of H-pyrrole nitrogens is 1. The van der Waals surface area contributed by atoms with E-state index < -0.39 is 0 Å². The smallest absolute Gasteiger partial charge is 0.256 e. The molecule has 0 unspecified atom stereocenters. The van der Waals surface area contributed by atoms with Gasteiger partial charge >= 0.3 is 0 Å². The quantitative estimate of drug-likeness (QED) is 0.911. The first kappa shape index (κ1) is 16.2. The van der Waals surface area contributed by atoms with Gasteiger partial charge in [-0.2, -0.15) is 0 Å². The van der Waals surface area contributed by atoms with Crippen LogP contribution in [0, 0.1) is 12.8 Å². The number of aromatic nitrogens is 1. The molecule has 0 bridgehead atoms. The summed E-state index contributed by atoms with van der Waals surface area (Å²) in [5.41, 5.74) is 2.09. The van der Waals surface area contributed by atoms with Gasteiger partial charge in [-0.1, -0.05) is 19.1 Å². The Bertz CT molecular complexity index is 753. The van der Waals surface area contributed by atoms with Gasteiger partial charge < -0.3 is 10.1 Å². The van der Waals surface area contributed by atoms with Crippen molar-refractivity contribution in [3.05, 3.63) is 45.9 Å². The van der Waals surface area contributed by atoms with E-state index in [1.54, 1.807) is 0 Å². The number of hydrogen-bond acceptors (Lipinski definition) is 3. The second-order valence-electron chi connectivity index (χ2n) is 6.94. The molecule has 1 aliphatic rings. The summed E-state index contributed by atoms with van der Waals surface area (Å²) in [6.07, 6.45) is 1.85. The van der Waals surface area contributed by atoms with Crippen LogP contribution in [-0.2, 0) is 6.42 Å². The number of pyridine rings is 1. The first-order valence-electron chi connectivity index (χ1n) is 8.49. The van der Waals surface area contributed by atoms with Gasteiger partial charge in [0.2, 0.25) is 0 Å². The number of aromatic amines is 1. The van der Waals surface area contributed by atoms with Crippen LogP contribution >= 0.6 is 0 Å². The Hall–Kier alpha value is -1.65. The molecule has 1 aromatic carbocycles. The van der Waals surface area contributed by atoms with Crippen molar-refractivity contribution < 1.29 is 5.11 Å². The summed E-state index contributed by atoms with van der Waals surface area (Å²) in [6.45, 7) is 7.59. The molecule has 1 aromatic heterocycles. The number of aryl methyl sites for hydroxylation is 1. The Labute approximate surface area is 137 Å². The maximum atomic E-state index is 12.3. The molecular weight excluding hydrogens is 288 g/mol. The number of aliphatic hydroxyl groups is 1. The molecule has 0 amide bonds. The fourth-order valence-corrected chi connectivity index (χ4v) is 3.86. The minimum atomic E-state index is -0.0113. The van der Waals surface area contributed by atoms with Gasteiger partial charge in [0.1, 0.15) is 0 Å². The summed E-state index contributed by atoms with van der Waals surface area (Å²) in [5, 5.41) is 11.4. The van der Waals surface area contributed by atoms with Crippen molar-refractivity contribution in [3.8, 4) is 0 Å². The third kappa shape index (κ3) is 3.06. The third-order valence-electron chi connectivity index (χ3n) is 5.47. The summed E-state index contributed by atoms with van der Waals surface area (Å²) < 4.78 is 0. The van der Waals surface area contributed by atoms with Gasteiger partial charge in [-0.15, -0.1) is 0 Å². The minimum absolute atomic E-state index is 0.0113. The second-order valence-corrected chi connectivity index (χ2v) is 6.94. The molecule has 1 aliphatic heterocycles. The molecular formula is C19H26N2O2. The van der Waals surface area contributed by atoms with Crippen molar-refractivity contribution in [2.24, 2.45) is 5.92 Å². The van der Waals surface area contributed by atoms with Crippen LogP contribution in [0.1, 0.15) is 31.5 Å². The third-order valence-corrected chi connectivity index (χ3v) is 5.47. The zero-order valence-corrected chi connectivity index (χ0v) is 14.2. The fourth-order valence-electron chi connectivity index (χ4n) is 3.86. The van der Waals surface area contributed by atoms with Gasteiger partial charge in [-0.05, 0) is 49.3 Å². The molecule has 0 aliphatic carbocycles. The number of benzene rings is 1. The van der Waals surface area contributed by atoms with Crippen LogP contribution in [0.3, 0.4) is 0 Å². The Kier molecular flexibility index (Phi) is 4.55. The van der Waals surface area contributed by atoms with Crippen LogP contribution < -0.4 is 5.56 Å². The highest BCUT2D eigenvalue weighted by Crippen LogP contribution is 2.29. The molecule has 124 valence electrons. The number of nitrogens with zero attached hydrogens (tertiary/aromatic N) is 1. The molecule has 3 atom stereocenters. The normalized spacial score (nSPS) is 25.3. The largest absolute Gasteiger partial charge is 0.395 e. The Morgan fingerprint density at radius 3 is 2.83 bits per heavy atom. The molecule has 1 saturated heterocycles. The van der Waals surface area contributed by atoms with Gasteiger partial charge in [-0.3, -0.25) is 9.69 Å². The van der Waals surface area contributed by atoms with E-state index >= 15 is 0 Å². The number of nitrogens with one attached hydrogen (secondary N) is 1. The maximum Gasteiger partial charge on any atom is 0.256 e. The average Bonchev–Trinajstić information content (AvgIpc) is 2.81. The molecule has 3 rings (SSSR count). The van der Waals surface area contributed by atoms with Gasteiger partial charge in [0.05, 0.1) is 6.61 Å². The monoisotopic (exact) mass is 314 g/mol. The summed E-state index contributed by atoms with van der Waals surface area (Å²) >= 11 is 0. The van der Waals surface area contributed by atoms with E-state index in [-0.39, 0.29) is 18.2 Å². The van der Waals surface area contributed by atoms with Crippen molar-refractivity contribution >= 4 is 10.8 Å². The molecule has 2 heterocycles. The van der Waals surface area contributed by atoms with Gasteiger partial charge in [-0.25, -0.2) is 0 Å². The summed E-state index contributed by atoms with van der Waals surface area (Å²) in [5.74, 6) is 0.602. The van der Waals surface area contributed by atoms with E-state index in [4.69, 9.17) is 0 Å². The predicted molar refractivity (Wildman–Crippen MR) is 93.8 cm³/mol. The minimum Gasteiger partial charge on any atom is -0.395 e. The van der Waals surface area contributed by atoms with Crippen molar-refractivity contribution in [2.45, 2.75) is 45.7 Å². The van der Waals surface area contributed by atoms with E-state index in [2.05, 4.69) is 29.8 Å². The number of aliphatic hydroxyl groups excluding tert-OH is 1. The molecule has 1 fully saturated rings. The molecule has 4 heteroatoms. The Balaban J connectivity index is 1.82. The average molecular weight is 314 g/mol. The fraction of sp³-hybridized carbons (Fsp3) is 0.526. The van der Waals surface area contributed by atoms with E-state index in [0.29, 0.717) is 12.0 Å². The van der Waals surface area contributed by atoms with Crippen LogP contribution in [0.4, 0.5) is 0 Å². The van der Waals surface area contributed by atoms with Gasteiger partial charge in [0.15, 0.2) is 0 Å². The van der Waals surface area contributed by atoms with Crippen LogP contribution in [0.5, 0.6) is 0 Å². The van der Waals surface area contributed by atoms with E-state index in [1.165, 1.54) is 0 Å². The lowest BCUT2D eigenvalue weighted by molar-refractivity contribution is 0.133. The molecule has 2 aromatic rings. The molecule has 0 saturated carbocycles. The molecule has 0 radical (unpaired) electrons. The van der Waals surface area contributed by atoms with E-state index in [1.807, 2.05) is 25.1 Å². The molecule has 23 heavy (non-hydrogen) atoms. The number of hydrogen-bond donors (Lipinski definition) is 2. The van der Waals surface area contributed by atoms with Crippen molar-refractivity contribution in [3.63, 3.8) is 0 Å². The summed E-state index contributed by atoms with van der Waals surface area (Å²) in [4.78, 5) is 17.7. The van der Waals surface area contributed by atoms with Crippen LogP contribution in [0.15, 0.2) is 29.1 Å². The number of rotatable bonds is 4. The van der Waals surface area contributed by atoms with Gasteiger partial charge in [0.25, 0.3) is 5.56 Å². The van der Waals surface area contributed by atoms with Gasteiger partial charge in [0, 0.05) is 36.1 Å². The zero-order valence-electron chi connectivity index (χ0n) is 14.2. The highest BCUT2D eigenvalue weighted by Gasteiger charge is 2.34.